The zero-order chi connectivity index (χ0) is 19.6. The zero-order valence-electron chi connectivity index (χ0n) is 15.0. The molecule has 1 aromatic carbocycles. The number of carbonyl (C=O) groups excluding carboxylic acids is 2. The third-order valence-electron chi connectivity index (χ3n) is 4.62. The van der Waals surface area contributed by atoms with Crippen LogP contribution in [0.15, 0.2) is 30.3 Å². The van der Waals surface area contributed by atoms with Crippen LogP contribution < -0.4 is 10.1 Å². The van der Waals surface area contributed by atoms with E-state index < -0.39 is 17.9 Å². The van der Waals surface area contributed by atoms with Crippen molar-refractivity contribution in [3.05, 3.63) is 50.9 Å². The maximum atomic E-state index is 13.6. The lowest BCUT2D eigenvalue weighted by Gasteiger charge is -2.25. The number of hydrogen-bond donors (Lipinski definition) is 1. The first kappa shape index (κ1) is 19.6. The number of benzene rings is 1. The first-order valence-electron chi connectivity index (χ1n) is 8.61. The van der Waals surface area contributed by atoms with Crippen molar-refractivity contribution in [2.45, 2.75) is 31.8 Å². The summed E-state index contributed by atoms with van der Waals surface area (Å²) in [5.41, 5.74) is 0.548. The van der Waals surface area contributed by atoms with Crippen molar-refractivity contribution >= 4 is 34.8 Å². The summed E-state index contributed by atoms with van der Waals surface area (Å²) in [5, 5.41) is 2.88. The summed E-state index contributed by atoms with van der Waals surface area (Å²) in [6.07, 6.45) is 1.34. The summed E-state index contributed by atoms with van der Waals surface area (Å²) in [5.74, 6) is -0.362. The van der Waals surface area contributed by atoms with Crippen LogP contribution in [0, 0.1) is 5.82 Å². The van der Waals surface area contributed by atoms with Gasteiger partial charge in [-0.25, -0.2) is 4.39 Å². The van der Waals surface area contributed by atoms with Crippen molar-refractivity contribution in [2.75, 3.05) is 13.7 Å². The van der Waals surface area contributed by atoms with E-state index in [2.05, 4.69) is 5.32 Å². The highest BCUT2D eigenvalue weighted by Gasteiger charge is 2.35. The van der Waals surface area contributed by atoms with Crippen molar-refractivity contribution in [3.8, 4) is 5.75 Å². The Morgan fingerprint density at radius 2 is 2.15 bits per heavy atom. The van der Waals surface area contributed by atoms with Crippen LogP contribution in [0.5, 0.6) is 5.75 Å². The fraction of sp³-hybridized carbons (Fsp3) is 0.368. The van der Waals surface area contributed by atoms with Gasteiger partial charge in [0.1, 0.15) is 17.6 Å². The largest absolute Gasteiger partial charge is 0.496 e. The van der Waals surface area contributed by atoms with Gasteiger partial charge in [-0.1, -0.05) is 11.6 Å². The van der Waals surface area contributed by atoms with E-state index in [1.165, 1.54) is 36.6 Å². The van der Waals surface area contributed by atoms with E-state index in [1.807, 2.05) is 0 Å². The molecule has 0 aliphatic carbocycles. The van der Waals surface area contributed by atoms with Gasteiger partial charge in [0.15, 0.2) is 0 Å². The van der Waals surface area contributed by atoms with Crippen molar-refractivity contribution in [1.29, 1.82) is 0 Å². The third kappa shape index (κ3) is 4.25. The molecule has 5 nitrogen and oxygen atoms in total. The monoisotopic (exact) mass is 410 g/mol. The second-order valence-corrected chi connectivity index (χ2v) is 8.09. The van der Waals surface area contributed by atoms with Crippen LogP contribution in [0.4, 0.5) is 4.39 Å². The van der Waals surface area contributed by atoms with Crippen molar-refractivity contribution in [1.82, 2.24) is 10.2 Å². The van der Waals surface area contributed by atoms with Crippen LogP contribution in [-0.2, 0) is 4.79 Å². The van der Waals surface area contributed by atoms with Gasteiger partial charge in [-0.2, -0.15) is 0 Å². The highest BCUT2D eigenvalue weighted by Crippen LogP contribution is 2.29. The van der Waals surface area contributed by atoms with E-state index in [-0.39, 0.29) is 11.8 Å². The number of amides is 2. The molecule has 3 rings (SSSR count). The number of halogens is 2. The van der Waals surface area contributed by atoms with Gasteiger partial charge in [0.25, 0.3) is 5.91 Å². The molecule has 1 aliphatic heterocycles. The van der Waals surface area contributed by atoms with Crippen molar-refractivity contribution in [3.63, 3.8) is 0 Å². The van der Waals surface area contributed by atoms with Crippen LogP contribution in [0.2, 0.25) is 4.34 Å². The van der Waals surface area contributed by atoms with Crippen molar-refractivity contribution < 1.29 is 18.7 Å². The first-order chi connectivity index (χ1) is 12.9. The lowest BCUT2D eigenvalue weighted by molar-refractivity contribution is -0.125. The van der Waals surface area contributed by atoms with Crippen LogP contribution >= 0.6 is 22.9 Å². The molecule has 1 aliphatic rings. The molecule has 0 radical (unpaired) electrons. The molecule has 2 atom stereocenters. The van der Waals surface area contributed by atoms with Crippen LogP contribution in [0.1, 0.15) is 41.0 Å². The average Bonchev–Trinajstić information content (AvgIpc) is 3.30. The number of carbonyl (C=O) groups is 2. The molecule has 1 fully saturated rings. The Hall–Kier alpha value is -2.12. The molecule has 0 bridgehead atoms. The normalized spacial score (nSPS) is 17.6. The smallest absolute Gasteiger partial charge is 0.264 e. The zero-order valence-corrected chi connectivity index (χ0v) is 16.6. The van der Waals surface area contributed by atoms with Gasteiger partial charge < -0.3 is 15.0 Å². The number of methoxy groups -OCH3 is 1. The number of hydrogen-bond acceptors (Lipinski definition) is 4. The molecule has 0 spiro atoms. The maximum Gasteiger partial charge on any atom is 0.264 e. The molecule has 27 heavy (non-hydrogen) atoms. The summed E-state index contributed by atoms with van der Waals surface area (Å²) in [6, 6.07) is 6.50. The molecule has 2 amide bonds. The van der Waals surface area contributed by atoms with Crippen LogP contribution in [-0.4, -0.2) is 36.4 Å². The molecule has 144 valence electrons. The molecular formula is C19H20ClFN2O3S. The molecule has 1 N–H and O–H groups in total. The van der Waals surface area contributed by atoms with E-state index in [0.29, 0.717) is 33.5 Å². The highest BCUT2D eigenvalue weighted by molar-refractivity contribution is 7.17. The minimum Gasteiger partial charge on any atom is -0.496 e. The topological polar surface area (TPSA) is 58.6 Å². The Morgan fingerprint density at radius 1 is 1.37 bits per heavy atom. The minimum atomic E-state index is -0.555. The summed E-state index contributed by atoms with van der Waals surface area (Å²) in [7, 11) is 1.49. The maximum absolute atomic E-state index is 13.6. The number of nitrogens with one attached hydrogen (secondary N) is 1. The van der Waals surface area contributed by atoms with E-state index >= 15 is 0 Å². The van der Waals surface area contributed by atoms with E-state index in [0.717, 1.165) is 6.42 Å². The number of ether oxygens (including phenoxy) is 1. The lowest BCUT2D eigenvalue weighted by Crippen LogP contribution is -2.46. The molecule has 2 heterocycles. The minimum absolute atomic E-state index is 0.194. The van der Waals surface area contributed by atoms with Gasteiger partial charge in [-0.05, 0) is 50.1 Å². The average molecular weight is 411 g/mol. The quantitative estimate of drug-likeness (QED) is 0.809. The predicted molar refractivity (Wildman–Crippen MR) is 103 cm³/mol. The Bertz CT molecular complexity index is 857. The Labute approximate surface area is 166 Å². The number of nitrogens with zero attached hydrogens (tertiary/aromatic N) is 1. The molecule has 0 saturated carbocycles. The van der Waals surface area contributed by atoms with Gasteiger partial charge in [0.2, 0.25) is 5.91 Å². The fourth-order valence-electron chi connectivity index (χ4n) is 3.28. The van der Waals surface area contributed by atoms with E-state index in [9.17, 15) is 14.0 Å². The van der Waals surface area contributed by atoms with Gasteiger partial charge in [0.05, 0.1) is 22.4 Å². The van der Waals surface area contributed by atoms with E-state index in [1.54, 1.807) is 24.0 Å². The molecule has 0 unspecified atom stereocenters. The Balaban J connectivity index is 1.73. The first-order valence-corrected chi connectivity index (χ1v) is 9.80. The number of likely N-dealkylation sites (tertiary alicyclic amines) is 1. The predicted octanol–water partition coefficient (Wildman–Crippen LogP) is 4.03. The summed E-state index contributed by atoms with van der Waals surface area (Å²) < 4.78 is 19.4. The molecule has 1 aromatic heterocycles. The Kier molecular flexibility index (Phi) is 6.01. The van der Waals surface area contributed by atoms with Gasteiger partial charge in [0, 0.05) is 12.1 Å². The molecule has 8 heteroatoms. The van der Waals surface area contributed by atoms with Crippen LogP contribution in [0.25, 0.3) is 0 Å². The number of rotatable bonds is 5. The Morgan fingerprint density at radius 3 is 2.81 bits per heavy atom. The van der Waals surface area contributed by atoms with Crippen molar-refractivity contribution in [2.24, 2.45) is 0 Å². The highest BCUT2D eigenvalue weighted by atomic mass is 35.5. The third-order valence-corrected chi connectivity index (χ3v) is 5.84. The summed E-state index contributed by atoms with van der Waals surface area (Å²) in [4.78, 5) is 27.6. The second kappa shape index (κ2) is 8.27. The van der Waals surface area contributed by atoms with E-state index in [4.69, 9.17) is 16.3 Å². The van der Waals surface area contributed by atoms with Gasteiger partial charge in [-0.3, -0.25) is 9.59 Å². The molecule has 1 saturated heterocycles. The fourth-order valence-corrected chi connectivity index (χ4v) is 4.28. The lowest BCUT2D eigenvalue weighted by atomic mass is 10.1. The SMILES string of the molecule is COc1ccc(F)cc1[C@@H](C)NC(=O)[C@@H]1CCCN1C(=O)c1ccc(Cl)s1. The van der Waals surface area contributed by atoms with Crippen LogP contribution in [0.3, 0.4) is 0 Å². The summed E-state index contributed by atoms with van der Waals surface area (Å²) in [6.45, 7) is 2.28. The number of thiophene rings is 1. The van der Waals surface area contributed by atoms with Gasteiger partial charge >= 0.3 is 0 Å². The standard InChI is InChI=1S/C19H20ClFN2O3S/c1-11(13-10-12(21)5-6-15(13)26-2)22-18(24)14-4-3-9-23(14)19(25)16-7-8-17(20)27-16/h5-8,10-11,14H,3-4,9H2,1-2H3,(H,22,24)/t11-,14+/m1/s1. The summed E-state index contributed by atoms with van der Waals surface area (Å²) >= 11 is 7.11. The second-order valence-electron chi connectivity index (χ2n) is 6.38. The molecular weight excluding hydrogens is 391 g/mol. The molecule has 2 aromatic rings. The van der Waals surface area contributed by atoms with Gasteiger partial charge in [-0.15, -0.1) is 11.3 Å².